The van der Waals surface area contributed by atoms with E-state index in [9.17, 15) is 0 Å². The van der Waals surface area contributed by atoms with Gasteiger partial charge in [-0.15, -0.1) is 0 Å². The van der Waals surface area contributed by atoms with Crippen molar-refractivity contribution in [2.75, 3.05) is 7.11 Å². The minimum absolute atomic E-state index is 0.840. The summed E-state index contributed by atoms with van der Waals surface area (Å²) in [6.07, 6.45) is 9.74. The van der Waals surface area contributed by atoms with E-state index in [0.29, 0.717) is 0 Å². The smallest absolute Gasteiger partial charge is 0.122 e. The van der Waals surface area contributed by atoms with Crippen LogP contribution in [0.2, 0.25) is 0 Å². The van der Waals surface area contributed by atoms with Gasteiger partial charge in [-0.05, 0) is 67.6 Å². The molecule has 1 fully saturated rings. The van der Waals surface area contributed by atoms with Crippen LogP contribution in [0.3, 0.4) is 0 Å². The lowest BCUT2D eigenvalue weighted by molar-refractivity contribution is 0.239. The van der Waals surface area contributed by atoms with Gasteiger partial charge in [0.2, 0.25) is 0 Å². The molecule has 0 aromatic heterocycles. The highest BCUT2D eigenvalue weighted by atomic mass is 16.5. The highest BCUT2D eigenvalue weighted by Crippen LogP contribution is 2.33. The second kappa shape index (κ2) is 7.87. The summed E-state index contributed by atoms with van der Waals surface area (Å²) >= 11 is 0. The van der Waals surface area contributed by atoms with E-state index in [1.165, 1.54) is 56.1 Å². The van der Waals surface area contributed by atoms with Gasteiger partial charge >= 0.3 is 0 Å². The number of methoxy groups -OCH3 is 1. The van der Waals surface area contributed by atoms with Gasteiger partial charge in [-0.2, -0.15) is 0 Å². The van der Waals surface area contributed by atoms with E-state index >= 15 is 0 Å². The zero-order chi connectivity index (χ0) is 15.2. The molecule has 3 atom stereocenters. The Bertz CT molecular complexity index is 437. The van der Waals surface area contributed by atoms with E-state index in [4.69, 9.17) is 4.74 Å². The summed E-state index contributed by atoms with van der Waals surface area (Å²) in [5.41, 5.74) is 2.65. The summed E-state index contributed by atoms with van der Waals surface area (Å²) in [6, 6.07) is 6.65. The third-order valence-electron chi connectivity index (χ3n) is 5.18. The van der Waals surface area contributed by atoms with Crippen LogP contribution in [0.15, 0.2) is 18.2 Å². The average Bonchev–Trinajstić information content (AvgIpc) is 2.46. The molecule has 2 rings (SSSR count). The van der Waals surface area contributed by atoms with Gasteiger partial charge in [0.1, 0.15) is 5.75 Å². The molecule has 1 aromatic rings. The topological polar surface area (TPSA) is 9.23 Å². The number of rotatable bonds is 6. The van der Waals surface area contributed by atoms with Gasteiger partial charge in [-0.1, -0.05) is 45.2 Å². The largest absolute Gasteiger partial charge is 0.496 e. The quantitative estimate of drug-likeness (QED) is 0.644. The number of aryl methyl sites for hydroxylation is 2. The van der Waals surface area contributed by atoms with E-state index in [0.717, 1.165) is 23.5 Å². The lowest BCUT2D eigenvalue weighted by Gasteiger charge is -2.28. The summed E-state index contributed by atoms with van der Waals surface area (Å²) in [6.45, 7) is 6.97. The van der Waals surface area contributed by atoms with Crippen molar-refractivity contribution in [3.05, 3.63) is 29.3 Å². The van der Waals surface area contributed by atoms with Crippen LogP contribution < -0.4 is 4.74 Å². The molecule has 0 aliphatic heterocycles. The first-order chi connectivity index (χ1) is 10.1. The van der Waals surface area contributed by atoms with Crippen LogP contribution in [-0.2, 0) is 6.42 Å². The summed E-state index contributed by atoms with van der Waals surface area (Å²) in [5, 5.41) is 0. The van der Waals surface area contributed by atoms with Crippen molar-refractivity contribution in [3.8, 4) is 5.75 Å². The molecule has 0 N–H and O–H groups in total. The monoisotopic (exact) mass is 288 g/mol. The Morgan fingerprint density at radius 3 is 2.81 bits per heavy atom. The number of ether oxygens (including phenoxy) is 1. The predicted octanol–water partition coefficient (Wildman–Crippen LogP) is 5.79. The molecule has 1 aliphatic carbocycles. The van der Waals surface area contributed by atoms with Gasteiger partial charge in [0.15, 0.2) is 0 Å². The fraction of sp³-hybridized carbons (Fsp3) is 0.700. The standard InChI is InChI=1S/C20H32O/c1-15-6-5-7-19(12-15)13-16(2)8-10-18-11-9-17(3)20(14-18)21-4/h9,11,14-16,19H,5-8,10,12-13H2,1-4H3. The van der Waals surface area contributed by atoms with Crippen molar-refractivity contribution in [1.82, 2.24) is 0 Å². The van der Waals surface area contributed by atoms with Crippen LogP contribution in [0.4, 0.5) is 0 Å². The molecule has 1 nitrogen and oxygen atoms in total. The lowest BCUT2D eigenvalue weighted by atomic mass is 9.77. The minimum Gasteiger partial charge on any atom is -0.496 e. The van der Waals surface area contributed by atoms with E-state index in [1.807, 2.05) is 0 Å². The molecule has 21 heavy (non-hydrogen) atoms. The Balaban J connectivity index is 1.79. The third-order valence-corrected chi connectivity index (χ3v) is 5.18. The third kappa shape index (κ3) is 5.05. The van der Waals surface area contributed by atoms with Crippen molar-refractivity contribution < 1.29 is 4.74 Å². The molecule has 1 saturated carbocycles. The second-order valence-corrected chi connectivity index (χ2v) is 7.32. The molecule has 0 heterocycles. The molecule has 0 bridgehead atoms. The first kappa shape index (κ1) is 16.4. The van der Waals surface area contributed by atoms with E-state index in [1.54, 1.807) is 7.11 Å². The van der Waals surface area contributed by atoms with E-state index < -0.39 is 0 Å². The highest BCUT2D eigenvalue weighted by Gasteiger charge is 2.20. The molecule has 1 aromatic carbocycles. The fourth-order valence-corrected chi connectivity index (χ4v) is 3.89. The Morgan fingerprint density at radius 1 is 1.29 bits per heavy atom. The maximum atomic E-state index is 5.43. The first-order valence-electron chi connectivity index (χ1n) is 8.72. The number of benzene rings is 1. The van der Waals surface area contributed by atoms with Gasteiger partial charge in [0.25, 0.3) is 0 Å². The first-order valence-corrected chi connectivity index (χ1v) is 8.72. The molecule has 0 spiro atoms. The summed E-state index contributed by atoms with van der Waals surface area (Å²) in [5.74, 6) is 3.81. The second-order valence-electron chi connectivity index (χ2n) is 7.32. The van der Waals surface area contributed by atoms with Crippen LogP contribution in [0.25, 0.3) is 0 Å². The molecular formula is C20H32O. The molecule has 1 aliphatic rings. The summed E-state index contributed by atoms with van der Waals surface area (Å²) in [7, 11) is 1.76. The number of hydrogen-bond acceptors (Lipinski definition) is 1. The Hall–Kier alpha value is -0.980. The zero-order valence-electron chi connectivity index (χ0n) is 14.3. The van der Waals surface area contributed by atoms with Crippen LogP contribution in [0, 0.1) is 24.7 Å². The number of hydrogen-bond donors (Lipinski definition) is 0. The van der Waals surface area contributed by atoms with Gasteiger partial charge in [0.05, 0.1) is 7.11 Å². The minimum atomic E-state index is 0.840. The fourth-order valence-electron chi connectivity index (χ4n) is 3.89. The van der Waals surface area contributed by atoms with Crippen molar-refractivity contribution >= 4 is 0 Å². The van der Waals surface area contributed by atoms with Crippen LogP contribution in [-0.4, -0.2) is 7.11 Å². The average molecular weight is 288 g/mol. The van der Waals surface area contributed by atoms with Crippen molar-refractivity contribution in [3.63, 3.8) is 0 Å². The van der Waals surface area contributed by atoms with Crippen LogP contribution in [0.1, 0.15) is 63.5 Å². The maximum absolute atomic E-state index is 5.43. The van der Waals surface area contributed by atoms with E-state index in [2.05, 4.69) is 39.0 Å². The predicted molar refractivity (Wildman–Crippen MR) is 91.0 cm³/mol. The van der Waals surface area contributed by atoms with E-state index in [-0.39, 0.29) is 0 Å². The molecular weight excluding hydrogens is 256 g/mol. The molecule has 118 valence electrons. The van der Waals surface area contributed by atoms with Crippen molar-refractivity contribution in [2.45, 2.75) is 65.7 Å². The Kier molecular flexibility index (Phi) is 6.14. The summed E-state index contributed by atoms with van der Waals surface area (Å²) < 4.78 is 5.43. The molecule has 0 amide bonds. The molecule has 0 saturated heterocycles. The van der Waals surface area contributed by atoms with Crippen molar-refractivity contribution in [2.24, 2.45) is 17.8 Å². The molecule has 1 heteroatoms. The Morgan fingerprint density at radius 2 is 2.10 bits per heavy atom. The van der Waals surface area contributed by atoms with Gasteiger partial charge in [-0.3, -0.25) is 0 Å². The summed E-state index contributed by atoms with van der Waals surface area (Å²) in [4.78, 5) is 0. The SMILES string of the molecule is COc1cc(CCC(C)CC2CCCC(C)C2)ccc1C. The maximum Gasteiger partial charge on any atom is 0.122 e. The highest BCUT2D eigenvalue weighted by molar-refractivity contribution is 5.36. The normalized spacial score (nSPS) is 23.8. The van der Waals surface area contributed by atoms with Crippen LogP contribution >= 0.6 is 0 Å². The van der Waals surface area contributed by atoms with Gasteiger partial charge in [-0.25, -0.2) is 0 Å². The lowest BCUT2D eigenvalue weighted by Crippen LogP contribution is -2.16. The van der Waals surface area contributed by atoms with Crippen molar-refractivity contribution in [1.29, 1.82) is 0 Å². The van der Waals surface area contributed by atoms with Gasteiger partial charge < -0.3 is 4.74 Å². The zero-order valence-corrected chi connectivity index (χ0v) is 14.3. The molecule has 3 unspecified atom stereocenters. The Labute approximate surface area is 131 Å². The van der Waals surface area contributed by atoms with Gasteiger partial charge in [0, 0.05) is 0 Å². The van der Waals surface area contributed by atoms with Crippen LogP contribution in [0.5, 0.6) is 5.75 Å². The molecule has 0 radical (unpaired) electrons.